The number of nitrogens with one attached hydrogen (secondary N) is 1. The lowest BCUT2D eigenvalue weighted by Gasteiger charge is -2.46. The van der Waals surface area contributed by atoms with Crippen LogP contribution in [0.25, 0.3) is 0 Å². The largest absolute Gasteiger partial charge is 0.340 e. The first-order chi connectivity index (χ1) is 9.35. The van der Waals surface area contributed by atoms with Crippen LogP contribution < -0.4 is 5.32 Å². The molecular formula is C16H28N2O2. The molecule has 2 fully saturated rings. The van der Waals surface area contributed by atoms with Crippen molar-refractivity contribution in [1.29, 1.82) is 0 Å². The highest BCUT2D eigenvalue weighted by molar-refractivity contribution is 6.00. The Bertz CT molecular complexity index is 397. The van der Waals surface area contributed by atoms with Gasteiger partial charge in [0.1, 0.15) is 11.6 Å². The fourth-order valence-corrected chi connectivity index (χ4v) is 3.41. The van der Waals surface area contributed by atoms with Crippen molar-refractivity contribution in [2.75, 3.05) is 6.54 Å². The number of amides is 2. The van der Waals surface area contributed by atoms with Gasteiger partial charge in [-0.15, -0.1) is 0 Å². The van der Waals surface area contributed by atoms with Crippen LogP contribution in [0.15, 0.2) is 0 Å². The molecule has 1 heterocycles. The van der Waals surface area contributed by atoms with E-state index in [1.165, 1.54) is 0 Å². The standard InChI is InChI=1S/C16H28N2O2/c1-5-12-13(19)17-16(9-7-8-10-16)14(20)18(12)11-15(3,4)6-2/h12H,5-11H2,1-4H3,(H,17,19). The topological polar surface area (TPSA) is 49.4 Å². The number of rotatable bonds is 4. The predicted molar refractivity (Wildman–Crippen MR) is 79.2 cm³/mol. The average molecular weight is 280 g/mol. The zero-order valence-electron chi connectivity index (χ0n) is 13.3. The van der Waals surface area contributed by atoms with E-state index in [0.717, 1.165) is 32.1 Å². The normalized spacial score (nSPS) is 26.2. The van der Waals surface area contributed by atoms with Crippen LogP contribution in [0.3, 0.4) is 0 Å². The molecule has 114 valence electrons. The van der Waals surface area contributed by atoms with Crippen LogP contribution in [0.4, 0.5) is 0 Å². The van der Waals surface area contributed by atoms with Crippen molar-refractivity contribution < 1.29 is 9.59 Å². The second-order valence-electron chi connectivity index (χ2n) is 7.15. The molecule has 0 radical (unpaired) electrons. The second-order valence-corrected chi connectivity index (χ2v) is 7.15. The number of carbonyl (C=O) groups is 2. The van der Waals surface area contributed by atoms with Gasteiger partial charge in [-0.25, -0.2) is 0 Å². The number of carbonyl (C=O) groups excluding carboxylic acids is 2. The van der Waals surface area contributed by atoms with Gasteiger partial charge in [0.2, 0.25) is 11.8 Å². The van der Waals surface area contributed by atoms with Gasteiger partial charge in [0.05, 0.1) is 0 Å². The maximum atomic E-state index is 13.0. The Balaban J connectivity index is 2.28. The summed E-state index contributed by atoms with van der Waals surface area (Å²) in [4.78, 5) is 27.2. The third kappa shape index (κ3) is 2.57. The molecule has 1 atom stereocenters. The summed E-state index contributed by atoms with van der Waals surface area (Å²) in [5.41, 5.74) is -0.535. The minimum atomic E-state index is -0.591. The summed E-state index contributed by atoms with van der Waals surface area (Å²) in [7, 11) is 0. The van der Waals surface area contributed by atoms with Gasteiger partial charge in [-0.2, -0.15) is 0 Å². The summed E-state index contributed by atoms with van der Waals surface area (Å²) < 4.78 is 0. The summed E-state index contributed by atoms with van der Waals surface area (Å²) in [6.45, 7) is 9.13. The molecule has 20 heavy (non-hydrogen) atoms. The molecule has 4 heteroatoms. The molecule has 1 saturated heterocycles. The van der Waals surface area contributed by atoms with E-state index >= 15 is 0 Å². The average Bonchev–Trinajstić information content (AvgIpc) is 2.85. The minimum Gasteiger partial charge on any atom is -0.340 e. The molecule has 0 aromatic heterocycles. The first-order valence-electron chi connectivity index (χ1n) is 7.98. The van der Waals surface area contributed by atoms with E-state index in [1.807, 2.05) is 11.8 Å². The maximum Gasteiger partial charge on any atom is 0.249 e. The lowest BCUT2D eigenvalue weighted by Crippen LogP contribution is -2.70. The summed E-state index contributed by atoms with van der Waals surface area (Å²) in [6.07, 6.45) is 5.37. The molecule has 1 unspecified atom stereocenters. The van der Waals surface area contributed by atoms with Crippen LogP contribution in [-0.2, 0) is 9.59 Å². The Morgan fingerprint density at radius 2 is 1.85 bits per heavy atom. The lowest BCUT2D eigenvalue weighted by atomic mass is 9.85. The van der Waals surface area contributed by atoms with Gasteiger partial charge in [-0.3, -0.25) is 9.59 Å². The Labute approximate surface area is 122 Å². The fourth-order valence-electron chi connectivity index (χ4n) is 3.41. The van der Waals surface area contributed by atoms with E-state index in [2.05, 4.69) is 26.1 Å². The van der Waals surface area contributed by atoms with Gasteiger partial charge in [-0.05, 0) is 31.1 Å². The number of piperazine rings is 1. The zero-order valence-corrected chi connectivity index (χ0v) is 13.3. The lowest BCUT2D eigenvalue weighted by molar-refractivity contribution is -0.156. The van der Waals surface area contributed by atoms with E-state index in [9.17, 15) is 9.59 Å². The Hall–Kier alpha value is -1.06. The van der Waals surface area contributed by atoms with Crippen molar-refractivity contribution in [1.82, 2.24) is 10.2 Å². The summed E-state index contributed by atoms with van der Waals surface area (Å²) in [5, 5.41) is 3.05. The highest BCUT2D eigenvalue weighted by Gasteiger charge is 2.52. The Morgan fingerprint density at radius 1 is 1.25 bits per heavy atom. The van der Waals surface area contributed by atoms with Crippen molar-refractivity contribution >= 4 is 11.8 Å². The van der Waals surface area contributed by atoms with Crippen LogP contribution in [-0.4, -0.2) is 34.8 Å². The molecule has 1 saturated carbocycles. The third-order valence-corrected chi connectivity index (χ3v) is 5.11. The van der Waals surface area contributed by atoms with Crippen molar-refractivity contribution in [3.8, 4) is 0 Å². The summed E-state index contributed by atoms with van der Waals surface area (Å²) in [5.74, 6) is 0.198. The quantitative estimate of drug-likeness (QED) is 0.860. The predicted octanol–water partition coefficient (Wildman–Crippen LogP) is 2.47. The Kier molecular flexibility index (Phi) is 4.12. The number of hydrogen-bond acceptors (Lipinski definition) is 2. The van der Waals surface area contributed by atoms with Crippen LogP contribution in [0.2, 0.25) is 0 Å². The number of nitrogens with zero attached hydrogens (tertiary/aromatic N) is 1. The third-order valence-electron chi connectivity index (χ3n) is 5.11. The monoisotopic (exact) mass is 280 g/mol. The zero-order chi connectivity index (χ0) is 15.0. The highest BCUT2D eigenvalue weighted by Crippen LogP contribution is 2.36. The second kappa shape index (κ2) is 5.38. The van der Waals surface area contributed by atoms with Crippen molar-refractivity contribution in [3.63, 3.8) is 0 Å². The summed E-state index contributed by atoms with van der Waals surface area (Å²) >= 11 is 0. The van der Waals surface area contributed by atoms with Crippen LogP contribution in [0, 0.1) is 5.41 Å². The van der Waals surface area contributed by atoms with E-state index in [4.69, 9.17) is 0 Å². The van der Waals surface area contributed by atoms with Crippen molar-refractivity contribution in [3.05, 3.63) is 0 Å². The van der Waals surface area contributed by atoms with E-state index in [0.29, 0.717) is 13.0 Å². The molecule has 0 bridgehead atoms. The molecule has 2 rings (SSSR count). The van der Waals surface area contributed by atoms with E-state index in [-0.39, 0.29) is 23.3 Å². The summed E-state index contributed by atoms with van der Waals surface area (Å²) in [6, 6.07) is -0.292. The fraction of sp³-hybridized carbons (Fsp3) is 0.875. The molecule has 1 aliphatic heterocycles. The van der Waals surface area contributed by atoms with Gasteiger partial charge in [0, 0.05) is 6.54 Å². The minimum absolute atomic E-state index is 0.0425. The maximum absolute atomic E-state index is 13.0. The first-order valence-corrected chi connectivity index (χ1v) is 7.98. The smallest absolute Gasteiger partial charge is 0.249 e. The SMILES string of the molecule is CCC1C(=O)NC2(CCCC2)C(=O)N1CC(C)(C)CC. The molecule has 1 aliphatic carbocycles. The molecule has 2 amide bonds. The molecule has 0 aromatic carbocycles. The van der Waals surface area contributed by atoms with Gasteiger partial charge in [0.25, 0.3) is 0 Å². The number of hydrogen-bond donors (Lipinski definition) is 1. The van der Waals surface area contributed by atoms with E-state index < -0.39 is 5.54 Å². The van der Waals surface area contributed by atoms with Gasteiger partial charge < -0.3 is 10.2 Å². The Morgan fingerprint density at radius 3 is 2.35 bits per heavy atom. The molecule has 1 spiro atoms. The van der Waals surface area contributed by atoms with E-state index in [1.54, 1.807) is 0 Å². The molecule has 0 aromatic rings. The van der Waals surface area contributed by atoms with Crippen LogP contribution in [0.5, 0.6) is 0 Å². The highest BCUT2D eigenvalue weighted by atomic mass is 16.2. The molecule has 1 N–H and O–H groups in total. The molecule has 4 nitrogen and oxygen atoms in total. The van der Waals surface area contributed by atoms with Crippen molar-refractivity contribution in [2.45, 2.75) is 77.8 Å². The molecular weight excluding hydrogens is 252 g/mol. The molecule has 2 aliphatic rings. The van der Waals surface area contributed by atoms with Gasteiger partial charge in [0.15, 0.2) is 0 Å². The van der Waals surface area contributed by atoms with Crippen LogP contribution in [0.1, 0.15) is 66.2 Å². The van der Waals surface area contributed by atoms with Gasteiger partial charge in [-0.1, -0.05) is 40.5 Å². The van der Waals surface area contributed by atoms with Crippen molar-refractivity contribution in [2.24, 2.45) is 5.41 Å². The van der Waals surface area contributed by atoms with Crippen LogP contribution >= 0.6 is 0 Å². The first kappa shape index (κ1) is 15.3. The van der Waals surface area contributed by atoms with Gasteiger partial charge >= 0.3 is 0 Å².